The third-order valence-corrected chi connectivity index (χ3v) is 3.84. The lowest BCUT2D eigenvalue weighted by Crippen LogP contribution is -2.40. The smallest absolute Gasteiger partial charge is 0.222 e. The zero-order chi connectivity index (χ0) is 13.4. The van der Waals surface area contributed by atoms with Crippen molar-refractivity contribution in [3.63, 3.8) is 0 Å². The van der Waals surface area contributed by atoms with Gasteiger partial charge < -0.3 is 10.6 Å². The minimum Gasteiger partial charge on any atom is -0.349 e. The number of nitrogens with zero attached hydrogens (tertiary/aromatic N) is 2. The third-order valence-electron chi connectivity index (χ3n) is 3.84. The number of carbonyl (C=O) groups is 1. The summed E-state index contributed by atoms with van der Waals surface area (Å²) in [6, 6.07) is 0.705. The minimum atomic E-state index is 0.228. The first-order valence-corrected chi connectivity index (χ1v) is 7.29. The summed E-state index contributed by atoms with van der Waals surface area (Å²) in [5, 5.41) is 0. The molecule has 0 radical (unpaired) electrons. The number of rotatable bonds is 7. The van der Waals surface area contributed by atoms with Crippen LogP contribution in [0.25, 0.3) is 0 Å². The molecule has 0 heterocycles. The van der Waals surface area contributed by atoms with E-state index in [9.17, 15) is 4.79 Å². The van der Waals surface area contributed by atoms with Crippen LogP contribution >= 0.6 is 0 Å². The van der Waals surface area contributed by atoms with Crippen molar-refractivity contribution >= 4 is 5.91 Å². The summed E-state index contributed by atoms with van der Waals surface area (Å²) in [6.45, 7) is 2.71. The van der Waals surface area contributed by atoms with Crippen LogP contribution in [-0.2, 0) is 4.79 Å². The Bertz CT molecular complexity index is 237. The Morgan fingerprint density at radius 2 is 1.83 bits per heavy atom. The van der Waals surface area contributed by atoms with Crippen molar-refractivity contribution in [2.45, 2.75) is 51.0 Å². The molecule has 0 aromatic heterocycles. The van der Waals surface area contributed by atoms with E-state index in [4.69, 9.17) is 5.73 Å². The minimum absolute atomic E-state index is 0.228. The van der Waals surface area contributed by atoms with Crippen molar-refractivity contribution in [2.24, 2.45) is 5.73 Å². The Balaban J connectivity index is 2.30. The van der Waals surface area contributed by atoms with Crippen LogP contribution in [0, 0.1) is 0 Å². The molecule has 18 heavy (non-hydrogen) atoms. The van der Waals surface area contributed by atoms with Gasteiger partial charge in [0.25, 0.3) is 0 Å². The van der Waals surface area contributed by atoms with Crippen LogP contribution in [0.1, 0.15) is 44.9 Å². The van der Waals surface area contributed by atoms with Crippen LogP contribution in [0.2, 0.25) is 0 Å². The number of nitrogens with two attached hydrogens (primary N) is 1. The maximum atomic E-state index is 11.5. The van der Waals surface area contributed by atoms with Crippen molar-refractivity contribution in [2.75, 3.05) is 33.7 Å². The van der Waals surface area contributed by atoms with E-state index >= 15 is 0 Å². The summed E-state index contributed by atoms with van der Waals surface area (Å²) in [5.41, 5.74) is 5.70. The van der Waals surface area contributed by atoms with Crippen LogP contribution in [0.3, 0.4) is 0 Å². The SMILES string of the molecule is CN(C)C(=O)CCCN(CCN)C1CCCCC1. The molecule has 0 saturated heterocycles. The molecule has 4 heteroatoms. The largest absolute Gasteiger partial charge is 0.349 e. The fourth-order valence-corrected chi connectivity index (χ4v) is 2.75. The van der Waals surface area contributed by atoms with Gasteiger partial charge in [-0.05, 0) is 25.8 Å². The number of hydrogen-bond donors (Lipinski definition) is 1. The van der Waals surface area contributed by atoms with Crippen molar-refractivity contribution in [3.8, 4) is 0 Å². The molecule has 1 aliphatic rings. The molecule has 0 unspecified atom stereocenters. The van der Waals surface area contributed by atoms with Gasteiger partial charge in [-0.2, -0.15) is 0 Å². The zero-order valence-corrected chi connectivity index (χ0v) is 12.0. The topological polar surface area (TPSA) is 49.6 Å². The second kappa shape index (κ2) is 8.48. The molecule has 0 bridgehead atoms. The van der Waals surface area contributed by atoms with E-state index in [0.717, 1.165) is 26.1 Å². The molecule has 0 aromatic rings. The summed E-state index contributed by atoms with van der Waals surface area (Å²) in [6.07, 6.45) is 8.30. The van der Waals surface area contributed by atoms with Gasteiger partial charge in [0, 0.05) is 39.6 Å². The predicted molar refractivity (Wildman–Crippen MR) is 75.4 cm³/mol. The highest BCUT2D eigenvalue weighted by Gasteiger charge is 2.20. The van der Waals surface area contributed by atoms with Gasteiger partial charge >= 0.3 is 0 Å². The number of amides is 1. The molecule has 1 fully saturated rings. The maximum absolute atomic E-state index is 11.5. The molecule has 1 amide bonds. The normalized spacial score (nSPS) is 17.1. The quantitative estimate of drug-likeness (QED) is 0.749. The number of hydrogen-bond acceptors (Lipinski definition) is 3. The Hall–Kier alpha value is -0.610. The van der Waals surface area contributed by atoms with E-state index in [1.165, 1.54) is 32.1 Å². The Kier molecular flexibility index (Phi) is 7.28. The van der Waals surface area contributed by atoms with E-state index in [1.807, 2.05) is 14.1 Å². The average Bonchev–Trinajstić information content (AvgIpc) is 2.38. The fraction of sp³-hybridized carbons (Fsp3) is 0.929. The first-order chi connectivity index (χ1) is 8.65. The predicted octanol–water partition coefficient (Wildman–Crippen LogP) is 1.45. The lowest BCUT2D eigenvalue weighted by atomic mass is 9.94. The Labute approximate surface area is 111 Å². The van der Waals surface area contributed by atoms with Gasteiger partial charge in [-0.1, -0.05) is 19.3 Å². The fourth-order valence-electron chi connectivity index (χ4n) is 2.75. The second-order valence-corrected chi connectivity index (χ2v) is 5.51. The van der Waals surface area contributed by atoms with E-state index < -0.39 is 0 Å². The highest BCUT2D eigenvalue weighted by atomic mass is 16.2. The molecule has 1 saturated carbocycles. The molecule has 2 N–H and O–H groups in total. The van der Waals surface area contributed by atoms with Gasteiger partial charge in [0.15, 0.2) is 0 Å². The second-order valence-electron chi connectivity index (χ2n) is 5.51. The van der Waals surface area contributed by atoms with Crippen molar-refractivity contribution < 1.29 is 4.79 Å². The highest BCUT2D eigenvalue weighted by molar-refractivity contribution is 5.75. The molecule has 1 aliphatic carbocycles. The zero-order valence-electron chi connectivity index (χ0n) is 12.0. The van der Waals surface area contributed by atoms with Crippen molar-refractivity contribution in [1.29, 1.82) is 0 Å². The molecule has 1 rings (SSSR count). The van der Waals surface area contributed by atoms with Crippen LogP contribution in [0.4, 0.5) is 0 Å². The van der Waals surface area contributed by atoms with E-state index in [1.54, 1.807) is 4.90 Å². The monoisotopic (exact) mass is 255 g/mol. The van der Waals surface area contributed by atoms with Crippen LogP contribution in [0.15, 0.2) is 0 Å². The van der Waals surface area contributed by atoms with Crippen molar-refractivity contribution in [3.05, 3.63) is 0 Å². The van der Waals surface area contributed by atoms with Gasteiger partial charge in [0.2, 0.25) is 5.91 Å². The van der Waals surface area contributed by atoms with E-state index in [2.05, 4.69) is 4.90 Å². The van der Waals surface area contributed by atoms with Crippen molar-refractivity contribution in [1.82, 2.24) is 9.80 Å². The molecule has 106 valence electrons. The standard InChI is InChI=1S/C14H29N3O/c1-16(2)14(18)9-6-11-17(12-10-15)13-7-4-3-5-8-13/h13H,3-12,15H2,1-2H3. The third kappa shape index (κ3) is 5.36. The molecule has 4 nitrogen and oxygen atoms in total. The first-order valence-electron chi connectivity index (χ1n) is 7.29. The van der Waals surface area contributed by atoms with Crippen LogP contribution in [-0.4, -0.2) is 55.5 Å². The van der Waals surface area contributed by atoms with Crippen LogP contribution < -0.4 is 5.73 Å². The molecule has 0 spiro atoms. The van der Waals surface area contributed by atoms with Gasteiger partial charge in [-0.3, -0.25) is 9.69 Å². The summed E-state index contributed by atoms with van der Waals surface area (Å²) < 4.78 is 0. The van der Waals surface area contributed by atoms with Gasteiger partial charge in [0.05, 0.1) is 0 Å². The van der Waals surface area contributed by atoms with E-state index in [0.29, 0.717) is 12.5 Å². The Morgan fingerprint density at radius 1 is 1.17 bits per heavy atom. The first kappa shape index (κ1) is 15.4. The average molecular weight is 255 g/mol. The summed E-state index contributed by atoms with van der Waals surface area (Å²) in [4.78, 5) is 15.7. The number of carbonyl (C=O) groups excluding carboxylic acids is 1. The molecule has 0 aromatic carbocycles. The van der Waals surface area contributed by atoms with E-state index in [-0.39, 0.29) is 5.91 Å². The maximum Gasteiger partial charge on any atom is 0.222 e. The highest BCUT2D eigenvalue weighted by Crippen LogP contribution is 2.22. The molecule has 0 atom stereocenters. The summed E-state index contributed by atoms with van der Waals surface area (Å²) >= 11 is 0. The summed E-state index contributed by atoms with van der Waals surface area (Å²) in [5.74, 6) is 0.228. The van der Waals surface area contributed by atoms with Gasteiger partial charge in [-0.15, -0.1) is 0 Å². The Morgan fingerprint density at radius 3 is 2.39 bits per heavy atom. The molecular weight excluding hydrogens is 226 g/mol. The molecular formula is C14H29N3O. The molecule has 0 aliphatic heterocycles. The lowest BCUT2D eigenvalue weighted by molar-refractivity contribution is -0.128. The lowest BCUT2D eigenvalue weighted by Gasteiger charge is -2.34. The summed E-state index contributed by atoms with van der Waals surface area (Å²) in [7, 11) is 3.64. The van der Waals surface area contributed by atoms with Gasteiger partial charge in [-0.25, -0.2) is 0 Å². The van der Waals surface area contributed by atoms with Crippen LogP contribution in [0.5, 0.6) is 0 Å². The van der Waals surface area contributed by atoms with Gasteiger partial charge in [0.1, 0.15) is 0 Å².